The highest BCUT2D eigenvalue weighted by atomic mass is 35.5. The molecular weight excluding hydrogens is 202 g/mol. The fraction of sp³-hybridized carbons (Fsp3) is 0.111. The average molecular weight is 210 g/mol. The summed E-state index contributed by atoms with van der Waals surface area (Å²) < 4.78 is 1.63. The molecule has 2 heterocycles. The van der Waals surface area contributed by atoms with Crippen molar-refractivity contribution >= 4 is 23.2 Å². The predicted molar refractivity (Wildman–Crippen MR) is 53.5 cm³/mol. The minimum absolute atomic E-state index is 0.400. The largest absolute Gasteiger partial charge is 0.364 e. The van der Waals surface area contributed by atoms with Gasteiger partial charge in [-0.25, -0.2) is 4.98 Å². The maximum atomic E-state index is 11.1. The molecule has 0 atom stereocenters. The normalized spacial score (nSPS) is 10.7. The number of fused-ring (bicyclic) bond motifs is 1. The van der Waals surface area contributed by atoms with Gasteiger partial charge in [-0.15, -0.1) is 0 Å². The lowest BCUT2D eigenvalue weighted by Crippen LogP contribution is -2.14. The molecule has 0 spiro atoms. The molecule has 72 valence electrons. The van der Waals surface area contributed by atoms with E-state index in [2.05, 4.69) is 4.98 Å². The number of pyridine rings is 1. The number of nitrogens with zero attached hydrogens (tertiary/aromatic N) is 2. The highest BCUT2D eigenvalue weighted by molar-refractivity contribution is 6.30. The number of carbonyl (C=O) groups excluding carboxylic acids is 1. The lowest BCUT2D eigenvalue weighted by molar-refractivity contribution is 0.0994. The van der Waals surface area contributed by atoms with Crippen LogP contribution < -0.4 is 5.73 Å². The molecule has 0 fully saturated rings. The van der Waals surface area contributed by atoms with Crippen molar-refractivity contribution in [3.8, 4) is 0 Å². The van der Waals surface area contributed by atoms with E-state index in [0.29, 0.717) is 22.1 Å². The lowest BCUT2D eigenvalue weighted by atomic mass is 10.3. The summed E-state index contributed by atoms with van der Waals surface area (Å²) in [7, 11) is 0. The summed E-state index contributed by atoms with van der Waals surface area (Å²) in [6, 6.07) is 3.36. The van der Waals surface area contributed by atoms with E-state index in [0.717, 1.165) is 0 Å². The van der Waals surface area contributed by atoms with Crippen molar-refractivity contribution in [2.75, 3.05) is 0 Å². The minimum atomic E-state index is -0.489. The maximum Gasteiger partial charge on any atom is 0.267 e. The minimum Gasteiger partial charge on any atom is -0.364 e. The van der Waals surface area contributed by atoms with Crippen molar-refractivity contribution in [3.63, 3.8) is 0 Å². The van der Waals surface area contributed by atoms with E-state index >= 15 is 0 Å². The highest BCUT2D eigenvalue weighted by Crippen LogP contribution is 2.15. The topological polar surface area (TPSA) is 60.4 Å². The van der Waals surface area contributed by atoms with Gasteiger partial charge in [0.25, 0.3) is 5.91 Å². The highest BCUT2D eigenvalue weighted by Gasteiger charge is 2.12. The number of primary amides is 1. The van der Waals surface area contributed by atoms with Gasteiger partial charge in [-0.2, -0.15) is 0 Å². The molecule has 0 bridgehead atoms. The number of imidazole rings is 1. The van der Waals surface area contributed by atoms with Crippen molar-refractivity contribution < 1.29 is 4.79 Å². The molecule has 0 saturated heterocycles. The summed E-state index contributed by atoms with van der Waals surface area (Å²) in [5.41, 5.74) is 6.87. The van der Waals surface area contributed by atoms with Crippen LogP contribution in [0.25, 0.3) is 5.65 Å². The van der Waals surface area contributed by atoms with Crippen LogP contribution in [0.3, 0.4) is 0 Å². The van der Waals surface area contributed by atoms with E-state index in [-0.39, 0.29) is 0 Å². The molecule has 0 saturated carbocycles. The zero-order chi connectivity index (χ0) is 10.3. The molecular formula is C9H8ClN3O. The van der Waals surface area contributed by atoms with Crippen LogP contribution in [0.4, 0.5) is 0 Å². The van der Waals surface area contributed by atoms with Crippen molar-refractivity contribution in [1.82, 2.24) is 9.38 Å². The van der Waals surface area contributed by atoms with Crippen molar-refractivity contribution in [3.05, 3.63) is 34.7 Å². The SMILES string of the molecule is Cc1nc2cc(Cl)ccn2c1C(N)=O. The zero-order valence-corrected chi connectivity index (χ0v) is 8.25. The summed E-state index contributed by atoms with van der Waals surface area (Å²) in [6.45, 7) is 1.74. The Morgan fingerprint density at radius 2 is 2.36 bits per heavy atom. The quantitative estimate of drug-likeness (QED) is 0.772. The van der Waals surface area contributed by atoms with Crippen LogP contribution in [-0.2, 0) is 0 Å². The molecule has 0 aliphatic carbocycles. The standard InChI is InChI=1S/C9H8ClN3O/c1-5-8(9(11)14)13-3-2-6(10)4-7(13)12-5/h2-4H,1H3,(H2,11,14). The molecule has 0 aromatic carbocycles. The molecule has 4 nitrogen and oxygen atoms in total. The second kappa shape index (κ2) is 2.99. The summed E-state index contributed by atoms with van der Waals surface area (Å²) in [6.07, 6.45) is 1.68. The monoisotopic (exact) mass is 209 g/mol. The molecule has 0 unspecified atom stereocenters. The van der Waals surface area contributed by atoms with E-state index in [1.54, 1.807) is 29.7 Å². The molecule has 2 rings (SSSR count). The van der Waals surface area contributed by atoms with Gasteiger partial charge in [0.2, 0.25) is 0 Å². The predicted octanol–water partition coefficient (Wildman–Crippen LogP) is 1.40. The third kappa shape index (κ3) is 1.24. The molecule has 1 amide bonds. The summed E-state index contributed by atoms with van der Waals surface area (Å²) in [5.74, 6) is -0.489. The van der Waals surface area contributed by atoms with E-state index in [1.807, 2.05) is 0 Å². The smallest absolute Gasteiger partial charge is 0.267 e. The summed E-state index contributed by atoms with van der Waals surface area (Å²) >= 11 is 5.79. The van der Waals surface area contributed by atoms with Gasteiger partial charge in [0.05, 0.1) is 5.69 Å². The van der Waals surface area contributed by atoms with Gasteiger partial charge in [0.1, 0.15) is 11.3 Å². The zero-order valence-electron chi connectivity index (χ0n) is 7.49. The molecule has 2 aromatic rings. The van der Waals surface area contributed by atoms with E-state index in [1.165, 1.54) is 0 Å². The van der Waals surface area contributed by atoms with Gasteiger partial charge >= 0.3 is 0 Å². The Balaban J connectivity index is 2.84. The van der Waals surface area contributed by atoms with E-state index < -0.39 is 5.91 Å². The van der Waals surface area contributed by atoms with Gasteiger partial charge in [-0.3, -0.25) is 9.20 Å². The van der Waals surface area contributed by atoms with Gasteiger partial charge in [-0.05, 0) is 13.0 Å². The molecule has 0 radical (unpaired) electrons. The summed E-state index contributed by atoms with van der Waals surface area (Å²) in [4.78, 5) is 15.3. The Bertz CT molecular complexity index is 518. The summed E-state index contributed by atoms with van der Waals surface area (Å²) in [5, 5.41) is 0.582. The van der Waals surface area contributed by atoms with E-state index in [4.69, 9.17) is 17.3 Å². The fourth-order valence-electron chi connectivity index (χ4n) is 1.43. The van der Waals surface area contributed by atoms with Gasteiger partial charge in [0, 0.05) is 17.3 Å². The molecule has 14 heavy (non-hydrogen) atoms. The van der Waals surface area contributed by atoms with Crippen molar-refractivity contribution in [1.29, 1.82) is 0 Å². The average Bonchev–Trinajstić information content (AvgIpc) is 2.39. The van der Waals surface area contributed by atoms with Crippen LogP contribution in [0.1, 0.15) is 16.2 Å². The van der Waals surface area contributed by atoms with Gasteiger partial charge < -0.3 is 5.73 Å². The number of rotatable bonds is 1. The molecule has 2 aromatic heterocycles. The number of hydrogen-bond acceptors (Lipinski definition) is 2. The lowest BCUT2D eigenvalue weighted by Gasteiger charge is -1.97. The second-order valence-corrected chi connectivity index (χ2v) is 3.42. The Kier molecular flexibility index (Phi) is 1.93. The van der Waals surface area contributed by atoms with Gasteiger partial charge in [-0.1, -0.05) is 11.6 Å². The Labute approximate surface area is 85.3 Å². The second-order valence-electron chi connectivity index (χ2n) is 2.98. The first kappa shape index (κ1) is 9.02. The molecule has 0 aliphatic heterocycles. The number of amides is 1. The Morgan fingerprint density at radius 3 is 3.00 bits per heavy atom. The Morgan fingerprint density at radius 1 is 1.64 bits per heavy atom. The number of hydrogen-bond donors (Lipinski definition) is 1. The number of carbonyl (C=O) groups is 1. The first-order chi connectivity index (χ1) is 6.59. The number of halogens is 1. The molecule has 5 heteroatoms. The Hall–Kier alpha value is -1.55. The molecule has 0 aliphatic rings. The first-order valence-electron chi connectivity index (χ1n) is 4.03. The van der Waals surface area contributed by atoms with Crippen LogP contribution in [0.5, 0.6) is 0 Å². The number of aryl methyl sites for hydroxylation is 1. The number of nitrogens with two attached hydrogens (primary N) is 1. The van der Waals surface area contributed by atoms with Crippen LogP contribution in [0.2, 0.25) is 5.02 Å². The van der Waals surface area contributed by atoms with Crippen LogP contribution >= 0.6 is 11.6 Å². The third-order valence-electron chi connectivity index (χ3n) is 2.00. The first-order valence-corrected chi connectivity index (χ1v) is 4.41. The van der Waals surface area contributed by atoms with Crippen molar-refractivity contribution in [2.24, 2.45) is 5.73 Å². The van der Waals surface area contributed by atoms with Crippen LogP contribution in [0.15, 0.2) is 18.3 Å². The van der Waals surface area contributed by atoms with Crippen LogP contribution in [-0.4, -0.2) is 15.3 Å². The maximum absolute atomic E-state index is 11.1. The van der Waals surface area contributed by atoms with Gasteiger partial charge in [0.15, 0.2) is 0 Å². The fourth-order valence-corrected chi connectivity index (χ4v) is 1.59. The van der Waals surface area contributed by atoms with Crippen LogP contribution in [0, 0.1) is 6.92 Å². The molecule has 2 N–H and O–H groups in total. The van der Waals surface area contributed by atoms with E-state index in [9.17, 15) is 4.79 Å². The third-order valence-corrected chi connectivity index (χ3v) is 2.23. The van der Waals surface area contributed by atoms with Crippen molar-refractivity contribution in [2.45, 2.75) is 6.92 Å². The number of aromatic nitrogens is 2.